The van der Waals surface area contributed by atoms with Gasteiger partial charge in [0.2, 0.25) is 0 Å². The predicted octanol–water partition coefficient (Wildman–Crippen LogP) is 5.81. The van der Waals surface area contributed by atoms with Gasteiger partial charge in [0.05, 0.1) is 5.69 Å². The highest BCUT2D eigenvalue weighted by atomic mass is 16.4. The molecule has 0 saturated heterocycles. The first-order chi connectivity index (χ1) is 12.5. The van der Waals surface area contributed by atoms with E-state index >= 15 is 0 Å². The van der Waals surface area contributed by atoms with Gasteiger partial charge in [0.1, 0.15) is 0 Å². The van der Waals surface area contributed by atoms with Gasteiger partial charge < -0.3 is 5.11 Å². The lowest BCUT2D eigenvalue weighted by Crippen LogP contribution is -2.34. The van der Waals surface area contributed by atoms with Gasteiger partial charge in [0, 0.05) is 12.3 Å². The number of rotatable bonds is 3. The number of aliphatic carboxylic acids is 1. The molecule has 0 spiro atoms. The molecule has 3 nitrogen and oxygen atoms in total. The molecule has 27 heavy (non-hydrogen) atoms. The summed E-state index contributed by atoms with van der Waals surface area (Å²) in [5.41, 5.74) is 8.57. The third-order valence-corrected chi connectivity index (χ3v) is 6.01. The topological polar surface area (TPSA) is 50.2 Å². The lowest BCUT2D eigenvalue weighted by atomic mass is 9.62. The van der Waals surface area contributed by atoms with Crippen LogP contribution in [0, 0.1) is 13.8 Å². The molecule has 0 radical (unpaired) electrons. The fraction of sp³-hybridized carbons (Fsp3) is 0.417. The van der Waals surface area contributed by atoms with Crippen molar-refractivity contribution in [2.24, 2.45) is 0 Å². The zero-order valence-electron chi connectivity index (χ0n) is 17.2. The lowest BCUT2D eigenvalue weighted by molar-refractivity contribution is -0.131. The van der Waals surface area contributed by atoms with Crippen LogP contribution in [0.15, 0.2) is 30.5 Å². The zero-order chi connectivity index (χ0) is 20.0. The Labute approximate surface area is 162 Å². The zero-order valence-corrected chi connectivity index (χ0v) is 17.2. The molecule has 2 aromatic rings. The minimum absolute atomic E-state index is 0.153. The molecule has 0 fully saturated rings. The number of pyridine rings is 1. The molecule has 0 unspecified atom stereocenters. The van der Waals surface area contributed by atoms with Crippen molar-refractivity contribution in [1.29, 1.82) is 0 Å². The van der Waals surface area contributed by atoms with Gasteiger partial charge in [0.15, 0.2) is 0 Å². The Bertz CT molecular complexity index is 936. The van der Waals surface area contributed by atoms with Crippen LogP contribution in [0.5, 0.6) is 0 Å². The summed E-state index contributed by atoms with van der Waals surface area (Å²) in [6, 6.07) is 6.71. The largest absolute Gasteiger partial charge is 0.478 e. The molecule has 1 aliphatic rings. The Morgan fingerprint density at radius 2 is 1.52 bits per heavy atom. The van der Waals surface area contributed by atoms with E-state index in [1.54, 1.807) is 6.08 Å². The molecule has 0 bridgehead atoms. The van der Waals surface area contributed by atoms with Gasteiger partial charge in [-0.25, -0.2) is 4.79 Å². The fourth-order valence-corrected chi connectivity index (χ4v) is 4.09. The van der Waals surface area contributed by atoms with Gasteiger partial charge in [-0.15, -0.1) is 0 Å². The van der Waals surface area contributed by atoms with Crippen LogP contribution in [0.1, 0.15) is 68.5 Å². The third-order valence-electron chi connectivity index (χ3n) is 6.01. The summed E-state index contributed by atoms with van der Waals surface area (Å²) < 4.78 is 0. The highest BCUT2D eigenvalue weighted by Crippen LogP contribution is 2.47. The van der Waals surface area contributed by atoms with Gasteiger partial charge in [0.25, 0.3) is 0 Å². The summed E-state index contributed by atoms with van der Waals surface area (Å²) in [6.45, 7) is 13.6. The number of aryl methyl sites for hydroxylation is 2. The van der Waals surface area contributed by atoms with Crippen molar-refractivity contribution in [3.63, 3.8) is 0 Å². The molecule has 3 heteroatoms. The summed E-state index contributed by atoms with van der Waals surface area (Å²) in [7, 11) is 0. The minimum Gasteiger partial charge on any atom is -0.478 e. The smallest absolute Gasteiger partial charge is 0.328 e. The van der Waals surface area contributed by atoms with Crippen LogP contribution in [0.25, 0.3) is 17.2 Å². The van der Waals surface area contributed by atoms with E-state index < -0.39 is 5.97 Å². The first-order valence-corrected chi connectivity index (χ1v) is 9.55. The molecular formula is C24H29NO2. The fourth-order valence-electron chi connectivity index (χ4n) is 4.09. The van der Waals surface area contributed by atoms with Crippen molar-refractivity contribution >= 4 is 12.0 Å². The van der Waals surface area contributed by atoms with E-state index in [4.69, 9.17) is 5.11 Å². The minimum atomic E-state index is -0.965. The van der Waals surface area contributed by atoms with E-state index in [2.05, 4.69) is 58.7 Å². The van der Waals surface area contributed by atoms with Crippen molar-refractivity contribution < 1.29 is 9.90 Å². The molecule has 3 rings (SSSR count). The van der Waals surface area contributed by atoms with Gasteiger partial charge in [-0.05, 0) is 83.0 Å². The molecule has 0 aliphatic heterocycles. The summed E-state index contributed by atoms with van der Waals surface area (Å²) in [4.78, 5) is 15.2. The van der Waals surface area contributed by atoms with Gasteiger partial charge in [-0.3, -0.25) is 4.98 Å². The molecule has 1 heterocycles. The molecule has 0 atom stereocenters. The highest BCUT2D eigenvalue weighted by Gasteiger charge is 2.37. The van der Waals surface area contributed by atoms with Crippen LogP contribution >= 0.6 is 0 Å². The van der Waals surface area contributed by atoms with E-state index in [0.29, 0.717) is 5.69 Å². The maximum absolute atomic E-state index is 10.8. The van der Waals surface area contributed by atoms with Crippen LogP contribution in [0.2, 0.25) is 0 Å². The van der Waals surface area contributed by atoms with E-state index in [9.17, 15) is 4.79 Å². The molecule has 0 amide bonds. The quantitative estimate of drug-likeness (QED) is 0.700. The number of hydrogen-bond donors (Lipinski definition) is 1. The second-order valence-corrected chi connectivity index (χ2v) is 9.08. The summed E-state index contributed by atoms with van der Waals surface area (Å²) in [5, 5.41) is 8.88. The second kappa shape index (κ2) is 6.63. The standard InChI is InChI=1S/C24H29NO2/c1-15-11-20-21(24(5,6)10-9-23(20,3)4)13-19(15)18-12-17(7-8-22(26)27)25-14-16(18)2/h7-8,11-14H,9-10H2,1-6H3,(H,26,27). The average Bonchev–Trinajstić information content (AvgIpc) is 2.58. The summed E-state index contributed by atoms with van der Waals surface area (Å²) in [5.74, 6) is -0.965. The van der Waals surface area contributed by atoms with Crippen molar-refractivity contribution in [2.45, 2.75) is 65.2 Å². The molecule has 1 aliphatic carbocycles. The van der Waals surface area contributed by atoms with Crippen LogP contribution in [0.4, 0.5) is 0 Å². The van der Waals surface area contributed by atoms with Crippen LogP contribution in [-0.2, 0) is 15.6 Å². The third kappa shape index (κ3) is 3.69. The summed E-state index contributed by atoms with van der Waals surface area (Å²) in [6.07, 6.45) is 6.88. The Hall–Kier alpha value is -2.42. The van der Waals surface area contributed by atoms with Crippen molar-refractivity contribution in [3.05, 3.63) is 58.4 Å². The van der Waals surface area contributed by atoms with Crippen molar-refractivity contribution in [1.82, 2.24) is 4.98 Å². The Morgan fingerprint density at radius 3 is 2.11 bits per heavy atom. The number of carbonyl (C=O) groups is 1. The van der Waals surface area contributed by atoms with Crippen LogP contribution in [-0.4, -0.2) is 16.1 Å². The highest BCUT2D eigenvalue weighted by molar-refractivity contribution is 5.85. The van der Waals surface area contributed by atoms with E-state index in [1.165, 1.54) is 35.1 Å². The first kappa shape index (κ1) is 19.3. The first-order valence-electron chi connectivity index (χ1n) is 9.55. The Kier molecular flexibility index (Phi) is 4.75. The number of hydrogen-bond acceptors (Lipinski definition) is 2. The maximum atomic E-state index is 10.8. The van der Waals surface area contributed by atoms with E-state index in [0.717, 1.165) is 17.2 Å². The van der Waals surface area contributed by atoms with Crippen molar-refractivity contribution in [2.75, 3.05) is 0 Å². The summed E-state index contributed by atoms with van der Waals surface area (Å²) >= 11 is 0. The monoisotopic (exact) mass is 363 g/mol. The van der Waals surface area contributed by atoms with Crippen LogP contribution in [0.3, 0.4) is 0 Å². The maximum Gasteiger partial charge on any atom is 0.328 e. The SMILES string of the molecule is Cc1cnc(C=CC(=O)O)cc1-c1cc2c(cc1C)C(C)(C)CCC2(C)C. The molecule has 142 valence electrons. The van der Waals surface area contributed by atoms with E-state index in [-0.39, 0.29) is 10.8 Å². The molecule has 1 N–H and O–H groups in total. The number of benzene rings is 1. The molecular weight excluding hydrogens is 334 g/mol. The van der Waals surface area contributed by atoms with Crippen LogP contribution < -0.4 is 0 Å². The lowest BCUT2D eigenvalue weighted by Gasteiger charge is -2.42. The van der Waals surface area contributed by atoms with E-state index in [1.807, 2.05) is 12.3 Å². The Morgan fingerprint density at radius 1 is 0.963 bits per heavy atom. The van der Waals surface area contributed by atoms with Gasteiger partial charge in [-0.2, -0.15) is 0 Å². The predicted molar refractivity (Wildman–Crippen MR) is 111 cm³/mol. The number of fused-ring (bicyclic) bond motifs is 1. The Balaban J connectivity index is 2.19. The van der Waals surface area contributed by atoms with Gasteiger partial charge in [-0.1, -0.05) is 39.8 Å². The number of carboxylic acids is 1. The van der Waals surface area contributed by atoms with Gasteiger partial charge >= 0.3 is 5.97 Å². The normalized spacial score (nSPS) is 17.7. The number of carboxylic acid groups (broad SMARTS) is 1. The second-order valence-electron chi connectivity index (χ2n) is 9.08. The van der Waals surface area contributed by atoms with Crippen molar-refractivity contribution in [3.8, 4) is 11.1 Å². The molecule has 1 aromatic heterocycles. The molecule has 0 saturated carbocycles. The average molecular weight is 364 g/mol. The number of nitrogens with zero attached hydrogens (tertiary/aromatic N) is 1. The molecule has 1 aromatic carbocycles. The number of aromatic nitrogens is 1.